The second-order valence-corrected chi connectivity index (χ2v) is 7.12. The summed E-state index contributed by atoms with van der Waals surface area (Å²) in [6, 6.07) is 16.1. The number of furan rings is 1. The number of pyridine rings is 1. The standard InChI is InChI=1S/C21H18N6O/c22-19-10-13(11-20-24-21(25-27(19)20)18-6-3-9-28-18)26-8-7-15-14-4-1-2-5-16(14)23-17(15)12-26/h1-6,9-11,23H,7-8,12,22H2. The molecule has 0 amide bonds. The van der Waals surface area contributed by atoms with Crippen LogP contribution in [-0.4, -0.2) is 26.1 Å². The molecule has 0 radical (unpaired) electrons. The van der Waals surface area contributed by atoms with Gasteiger partial charge in [-0.2, -0.15) is 4.52 Å². The molecule has 138 valence electrons. The number of hydrogen-bond acceptors (Lipinski definition) is 5. The van der Waals surface area contributed by atoms with Gasteiger partial charge in [0.15, 0.2) is 11.4 Å². The summed E-state index contributed by atoms with van der Waals surface area (Å²) in [7, 11) is 0. The average Bonchev–Trinajstić information content (AvgIpc) is 3.44. The van der Waals surface area contributed by atoms with Crippen molar-refractivity contribution < 1.29 is 4.42 Å². The summed E-state index contributed by atoms with van der Waals surface area (Å²) in [5, 5.41) is 5.79. The van der Waals surface area contributed by atoms with Crippen molar-refractivity contribution in [1.29, 1.82) is 0 Å². The van der Waals surface area contributed by atoms with Crippen LogP contribution in [0.4, 0.5) is 11.5 Å². The molecule has 0 unspecified atom stereocenters. The largest absolute Gasteiger partial charge is 0.461 e. The van der Waals surface area contributed by atoms with Crippen molar-refractivity contribution in [3.05, 3.63) is 66.1 Å². The fourth-order valence-electron chi connectivity index (χ4n) is 4.10. The lowest BCUT2D eigenvalue weighted by molar-refractivity contribution is 0.577. The zero-order valence-electron chi connectivity index (χ0n) is 15.1. The lowest BCUT2D eigenvalue weighted by Crippen LogP contribution is -2.30. The molecule has 4 aromatic heterocycles. The zero-order chi connectivity index (χ0) is 18.7. The van der Waals surface area contributed by atoms with Gasteiger partial charge in [-0.3, -0.25) is 0 Å². The van der Waals surface area contributed by atoms with Gasteiger partial charge >= 0.3 is 0 Å². The quantitative estimate of drug-likeness (QED) is 0.495. The van der Waals surface area contributed by atoms with Crippen LogP contribution in [0.2, 0.25) is 0 Å². The molecule has 1 aliphatic heterocycles. The van der Waals surface area contributed by atoms with Gasteiger partial charge in [-0.25, -0.2) is 4.98 Å². The molecular formula is C21H18N6O. The third-order valence-corrected chi connectivity index (χ3v) is 5.44. The Hall–Kier alpha value is -3.74. The van der Waals surface area contributed by atoms with Crippen LogP contribution in [0.5, 0.6) is 0 Å². The van der Waals surface area contributed by atoms with Crippen molar-refractivity contribution >= 4 is 28.1 Å². The smallest absolute Gasteiger partial charge is 0.217 e. The Morgan fingerprint density at radius 1 is 1.11 bits per heavy atom. The molecule has 0 aliphatic carbocycles. The molecule has 7 nitrogen and oxygen atoms in total. The molecule has 0 saturated carbocycles. The summed E-state index contributed by atoms with van der Waals surface area (Å²) in [4.78, 5) is 10.5. The van der Waals surface area contributed by atoms with E-state index in [2.05, 4.69) is 44.2 Å². The summed E-state index contributed by atoms with van der Waals surface area (Å²) in [5.41, 5.74) is 11.9. The van der Waals surface area contributed by atoms with Crippen molar-refractivity contribution in [1.82, 2.24) is 19.6 Å². The number of fused-ring (bicyclic) bond motifs is 4. The number of nitrogens with one attached hydrogen (secondary N) is 1. The summed E-state index contributed by atoms with van der Waals surface area (Å²) in [5.74, 6) is 1.72. The van der Waals surface area contributed by atoms with Gasteiger partial charge in [-0.1, -0.05) is 18.2 Å². The van der Waals surface area contributed by atoms with Crippen LogP contribution < -0.4 is 10.6 Å². The summed E-state index contributed by atoms with van der Waals surface area (Å²) < 4.78 is 7.06. The number of nitrogens with two attached hydrogens (primary N) is 1. The van der Waals surface area contributed by atoms with Crippen LogP contribution in [0.15, 0.2) is 59.2 Å². The zero-order valence-corrected chi connectivity index (χ0v) is 15.1. The minimum atomic E-state index is 0.533. The fraction of sp³-hybridized carbons (Fsp3) is 0.143. The summed E-state index contributed by atoms with van der Waals surface area (Å²) in [6.07, 6.45) is 2.61. The number of aromatic amines is 1. The predicted molar refractivity (Wildman–Crippen MR) is 108 cm³/mol. The molecule has 7 heteroatoms. The van der Waals surface area contributed by atoms with Crippen molar-refractivity contribution in [2.45, 2.75) is 13.0 Å². The van der Waals surface area contributed by atoms with Crippen LogP contribution >= 0.6 is 0 Å². The van der Waals surface area contributed by atoms with Crippen molar-refractivity contribution in [3.63, 3.8) is 0 Å². The maximum atomic E-state index is 6.28. The van der Waals surface area contributed by atoms with Gasteiger partial charge in [0.05, 0.1) is 12.8 Å². The molecule has 6 rings (SSSR count). The summed E-state index contributed by atoms with van der Waals surface area (Å²) >= 11 is 0. The number of benzene rings is 1. The van der Waals surface area contributed by atoms with E-state index < -0.39 is 0 Å². The first kappa shape index (κ1) is 15.3. The highest BCUT2D eigenvalue weighted by atomic mass is 16.3. The normalized spacial score (nSPS) is 14.1. The van der Waals surface area contributed by atoms with E-state index in [1.807, 2.05) is 24.3 Å². The van der Waals surface area contributed by atoms with Gasteiger partial charge < -0.3 is 20.0 Å². The third-order valence-electron chi connectivity index (χ3n) is 5.44. The van der Waals surface area contributed by atoms with Gasteiger partial charge in [0.1, 0.15) is 5.82 Å². The molecule has 5 aromatic rings. The first-order chi connectivity index (χ1) is 13.8. The Bertz CT molecular complexity index is 1310. The first-order valence-electron chi connectivity index (χ1n) is 9.30. The van der Waals surface area contributed by atoms with Gasteiger partial charge in [-0.05, 0) is 30.2 Å². The van der Waals surface area contributed by atoms with Gasteiger partial charge in [0.2, 0.25) is 5.82 Å². The highest BCUT2D eigenvalue weighted by Gasteiger charge is 2.22. The Labute approximate surface area is 160 Å². The van der Waals surface area contributed by atoms with E-state index in [0.717, 1.165) is 25.2 Å². The van der Waals surface area contributed by atoms with Crippen LogP contribution in [0, 0.1) is 0 Å². The molecule has 28 heavy (non-hydrogen) atoms. The molecule has 0 bridgehead atoms. The van der Waals surface area contributed by atoms with Crippen molar-refractivity contribution in [2.24, 2.45) is 0 Å². The topological polar surface area (TPSA) is 88.4 Å². The lowest BCUT2D eigenvalue weighted by atomic mass is 10.0. The third kappa shape index (κ3) is 2.22. The summed E-state index contributed by atoms with van der Waals surface area (Å²) in [6.45, 7) is 1.75. The number of nitrogens with zero attached hydrogens (tertiary/aromatic N) is 4. The molecule has 1 aromatic carbocycles. The Kier molecular flexibility index (Phi) is 3.08. The molecule has 1 aliphatic rings. The minimum absolute atomic E-state index is 0.533. The van der Waals surface area contributed by atoms with E-state index in [-0.39, 0.29) is 0 Å². The number of anilines is 2. The number of rotatable bonds is 2. The Morgan fingerprint density at radius 3 is 2.93 bits per heavy atom. The number of H-pyrrole nitrogens is 1. The van der Waals surface area contributed by atoms with E-state index in [9.17, 15) is 0 Å². The van der Waals surface area contributed by atoms with Gasteiger partial charge in [0, 0.05) is 41.0 Å². The van der Waals surface area contributed by atoms with E-state index >= 15 is 0 Å². The highest BCUT2D eigenvalue weighted by molar-refractivity contribution is 5.85. The van der Waals surface area contributed by atoms with Crippen LogP contribution in [0.25, 0.3) is 28.1 Å². The van der Waals surface area contributed by atoms with Crippen molar-refractivity contribution in [3.8, 4) is 11.6 Å². The fourth-order valence-corrected chi connectivity index (χ4v) is 4.10. The molecule has 3 N–H and O–H groups in total. The van der Waals surface area contributed by atoms with Crippen LogP contribution in [0.3, 0.4) is 0 Å². The molecule has 0 atom stereocenters. The SMILES string of the molecule is Nc1cc(N2CCc3c([nH]c4ccccc34)C2)cc2nc(-c3ccco3)nn12. The number of nitrogen functional groups attached to an aromatic ring is 1. The van der Waals surface area contributed by atoms with E-state index in [4.69, 9.17) is 10.2 Å². The highest BCUT2D eigenvalue weighted by Crippen LogP contribution is 2.31. The molecule has 0 saturated heterocycles. The number of hydrogen-bond donors (Lipinski definition) is 2. The Balaban J connectivity index is 1.39. The van der Waals surface area contributed by atoms with Crippen LogP contribution in [0.1, 0.15) is 11.3 Å². The maximum Gasteiger partial charge on any atom is 0.217 e. The average molecular weight is 370 g/mol. The minimum Gasteiger partial charge on any atom is -0.461 e. The molecule has 0 fully saturated rings. The molecule has 0 spiro atoms. The van der Waals surface area contributed by atoms with Crippen molar-refractivity contribution in [2.75, 3.05) is 17.2 Å². The van der Waals surface area contributed by atoms with Gasteiger partial charge in [-0.15, -0.1) is 5.10 Å². The maximum absolute atomic E-state index is 6.28. The van der Waals surface area contributed by atoms with Crippen LogP contribution in [-0.2, 0) is 13.0 Å². The first-order valence-corrected chi connectivity index (χ1v) is 9.30. The molecule has 5 heterocycles. The van der Waals surface area contributed by atoms with E-state index in [1.54, 1.807) is 10.8 Å². The predicted octanol–water partition coefficient (Wildman–Crippen LogP) is 3.62. The van der Waals surface area contributed by atoms with E-state index in [0.29, 0.717) is 23.0 Å². The second-order valence-electron chi connectivity index (χ2n) is 7.12. The monoisotopic (exact) mass is 370 g/mol. The second kappa shape index (κ2) is 5.63. The van der Waals surface area contributed by atoms with Gasteiger partial charge in [0.25, 0.3) is 0 Å². The number of aromatic nitrogens is 4. The molecular weight excluding hydrogens is 352 g/mol. The number of para-hydroxylation sites is 1. The lowest BCUT2D eigenvalue weighted by Gasteiger charge is -2.29. The Morgan fingerprint density at radius 2 is 2.04 bits per heavy atom. The van der Waals surface area contributed by atoms with E-state index in [1.165, 1.54) is 22.2 Å².